The van der Waals surface area contributed by atoms with Crippen LogP contribution in [0.1, 0.15) is 31.0 Å². The minimum Gasteiger partial charge on any atom is -0.396 e. The fraction of sp³-hybridized carbons (Fsp3) is 0.538. The molecule has 0 fully saturated rings. The van der Waals surface area contributed by atoms with Crippen LogP contribution in [-0.2, 0) is 0 Å². The van der Waals surface area contributed by atoms with Crippen molar-refractivity contribution in [2.24, 2.45) is 5.92 Å². The second-order valence-electron chi connectivity index (χ2n) is 4.33. The Hall–Kier alpha value is -0.860. The highest BCUT2D eigenvalue weighted by atomic mass is 16.3. The Kier molecular flexibility index (Phi) is 4.79. The summed E-state index contributed by atoms with van der Waals surface area (Å²) < 4.78 is 0. The van der Waals surface area contributed by atoms with Gasteiger partial charge in [-0.15, -0.1) is 0 Å². The second-order valence-corrected chi connectivity index (χ2v) is 4.33. The molecule has 0 aromatic heterocycles. The van der Waals surface area contributed by atoms with Gasteiger partial charge in [0.25, 0.3) is 0 Å². The van der Waals surface area contributed by atoms with Crippen molar-refractivity contribution in [2.75, 3.05) is 13.2 Å². The number of hydrogen-bond donors (Lipinski definition) is 2. The van der Waals surface area contributed by atoms with E-state index in [1.165, 1.54) is 11.1 Å². The Bertz CT molecular complexity index is 281. The smallest absolute Gasteiger partial charge is 0.0468 e. The van der Waals surface area contributed by atoms with Crippen LogP contribution in [0.25, 0.3) is 0 Å². The lowest BCUT2D eigenvalue weighted by atomic mass is 10.1. The van der Waals surface area contributed by atoms with Crippen molar-refractivity contribution in [1.29, 1.82) is 0 Å². The summed E-state index contributed by atoms with van der Waals surface area (Å²) in [5.41, 5.74) is 2.58. The SMILES string of the molecule is Cc1ccc([C@@H](C)NCC(C)CO)cc1. The average Bonchev–Trinajstić information content (AvgIpc) is 2.26. The molecule has 1 aromatic rings. The maximum Gasteiger partial charge on any atom is 0.0468 e. The normalized spacial score (nSPS) is 14.9. The van der Waals surface area contributed by atoms with E-state index in [0.29, 0.717) is 12.0 Å². The third-order valence-electron chi connectivity index (χ3n) is 2.66. The molecule has 2 nitrogen and oxygen atoms in total. The lowest BCUT2D eigenvalue weighted by Gasteiger charge is -2.17. The van der Waals surface area contributed by atoms with E-state index in [0.717, 1.165) is 6.54 Å². The van der Waals surface area contributed by atoms with Crippen LogP contribution in [0.3, 0.4) is 0 Å². The molecule has 0 aliphatic carbocycles. The Morgan fingerprint density at radius 1 is 1.20 bits per heavy atom. The Balaban J connectivity index is 2.46. The third-order valence-corrected chi connectivity index (χ3v) is 2.66. The zero-order valence-corrected chi connectivity index (χ0v) is 9.83. The van der Waals surface area contributed by atoms with Crippen LogP contribution in [0.4, 0.5) is 0 Å². The van der Waals surface area contributed by atoms with Gasteiger partial charge in [-0.25, -0.2) is 0 Å². The van der Waals surface area contributed by atoms with Crippen molar-refractivity contribution in [2.45, 2.75) is 26.8 Å². The largest absolute Gasteiger partial charge is 0.396 e. The summed E-state index contributed by atoms with van der Waals surface area (Å²) >= 11 is 0. The number of benzene rings is 1. The molecule has 0 aliphatic heterocycles. The van der Waals surface area contributed by atoms with Gasteiger partial charge in [0, 0.05) is 19.2 Å². The number of aryl methyl sites for hydroxylation is 1. The quantitative estimate of drug-likeness (QED) is 0.776. The first kappa shape index (κ1) is 12.2. The van der Waals surface area contributed by atoms with Crippen LogP contribution in [0, 0.1) is 12.8 Å². The van der Waals surface area contributed by atoms with Gasteiger partial charge in [-0.1, -0.05) is 36.8 Å². The van der Waals surface area contributed by atoms with Crippen molar-refractivity contribution in [3.05, 3.63) is 35.4 Å². The van der Waals surface area contributed by atoms with E-state index in [2.05, 4.69) is 43.4 Å². The van der Waals surface area contributed by atoms with Crippen LogP contribution in [0.15, 0.2) is 24.3 Å². The van der Waals surface area contributed by atoms with Gasteiger partial charge in [-0.05, 0) is 25.3 Å². The molecular formula is C13H21NO. The van der Waals surface area contributed by atoms with Crippen molar-refractivity contribution < 1.29 is 5.11 Å². The molecule has 1 rings (SSSR count). The summed E-state index contributed by atoms with van der Waals surface area (Å²) in [5, 5.41) is 12.3. The molecule has 0 saturated heterocycles. The highest BCUT2D eigenvalue weighted by Gasteiger charge is 2.06. The zero-order chi connectivity index (χ0) is 11.3. The maximum absolute atomic E-state index is 8.91. The second kappa shape index (κ2) is 5.89. The van der Waals surface area contributed by atoms with Crippen LogP contribution in [0.5, 0.6) is 0 Å². The zero-order valence-electron chi connectivity index (χ0n) is 9.83. The van der Waals surface area contributed by atoms with Crippen molar-refractivity contribution in [3.63, 3.8) is 0 Å². The summed E-state index contributed by atoms with van der Waals surface area (Å²) in [6.07, 6.45) is 0. The van der Waals surface area contributed by atoms with Crippen LogP contribution in [-0.4, -0.2) is 18.3 Å². The predicted molar refractivity (Wildman–Crippen MR) is 63.8 cm³/mol. The van der Waals surface area contributed by atoms with Crippen molar-refractivity contribution in [1.82, 2.24) is 5.32 Å². The molecule has 0 heterocycles. The van der Waals surface area contributed by atoms with Gasteiger partial charge >= 0.3 is 0 Å². The topological polar surface area (TPSA) is 32.3 Å². The standard InChI is InChI=1S/C13H21NO/c1-10-4-6-13(7-5-10)12(3)14-8-11(2)9-15/h4-7,11-12,14-15H,8-9H2,1-3H3/t11?,12-/m1/s1. The molecular weight excluding hydrogens is 186 g/mol. The molecule has 84 valence electrons. The molecule has 0 bridgehead atoms. The Morgan fingerprint density at radius 2 is 1.80 bits per heavy atom. The summed E-state index contributed by atoms with van der Waals surface area (Å²) in [5.74, 6) is 0.317. The summed E-state index contributed by atoms with van der Waals surface area (Å²) in [4.78, 5) is 0. The molecule has 2 heteroatoms. The third kappa shape index (κ3) is 4.02. The van der Waals surface area contributed by atoms with E-state index in [4.69, 9.17) is 5.11 Å². The number of rotatable bonds is 5. The van der Waals surface area contributed by atoms with Crippen molar-refractivity contribution >= 4 is 0 Å². The monoisotopic (exact) mass is 207 g/mol. The molecule has 2 N–H and O–H groups in total. The molecule has 2 atom stereocenters. The van der Waals surface area contributed by atoms with Crippen LogP contribution in [0.2, 0.25) is 0 Å². The van der Waals surface area contributed by atoms with Gasteiger partial charge in [0.1, 0.15) is 0 Å². The number of aliphatic hydroxyl groups excluding tert-OH is 1. The summed E-state index contributed by atoms with van der Waals surface area (Å²) in [6, 6.07) is 8.90. The van der Waals surface area contributed by atoms with Crippen LogP contribution >= 0.6 is 0 Å². The molecule has 0 spiro atoms. The minimum atomic E-state index is 0.244. The van der Waals surface area contributed by atoms with Gasteiger partial charge in [-0.3, -0.25) is 0 Å². The Labute approximate surface area is 92.3 Å². The first-order valence-electron chi connectivity index (χ1n) is 5.54. The van der Waals surface area contributed by atoms with E-state index in [1.807, 2.05) is 6.92 Å². The minimum absolute atomic E-state index is 0.244. The lowest BCUT2D eigenvalue weighted by Crippen LogP contribution is -2.26. The summed E-state index contributed by atoms with van der Waals surface area (Å²) in [7, 11) is 0. The van der Waals surface area contributed by atoms with Gasteiger partial charge in [-0.2, -0.15) is 0 Å². The van der Waals surface area contributed by atoms with Gasteiger partial charge in [0.05, 0.1) is 0 Å². The highest BCUT2D eigenvalue weighted by Crippen LogP contribution is 2.13. The van der Waals surface area contributed by atoms with E-state index in [-0.39, 0.29) is 6.61 Å². The Morgan fingerprint density at radius 3 is 2.33 bits per heavy atom. The van der Waals surface area contributed by atoms with Gasteiger partial charge in [0.2, 0.25) is 0 Å². The summed E-state index contributed by atoms with van der Waals surface area (Å²) in [6.45, 7) is 7.37. The highest BCUT2D eigenvalue weighted by molar-refractivity contribution is 5.23. The number of hydrogen-bond acceptors (Lipinski definition) is 2. The molecule has 1 unspecified atom stereocenters. The van der Waals surface area contributed by atoms with E-state index < -0.39 is 0 Å². The average molecular weight is 207 g/mol. The molecule has 0 radical (unpaired) electrons. The molecule has 0 aliphatic rings. The first-order valence-corrected chi connectivity index (χ1v) is 5.54. The van der Waals surface area contributed by atoms with Gasteiger partial charge in [0.15, 0.2) is 0 Å². The van der Waals surface area contributed by atoms with E-state index >= 15 is 0 Å². The predicted octanol–water partition coefficient (Wildman–Crippen LogP) is 2.27. The fourth-order valence-electron chi connectivity index (χ4n) is 1.42. The first-order chi connectivity index (χ1) is 7.13. The maximum atomic E-state index is 8.91. The number of nitrogens with one attached hydrogen (secondary N) is 1. The molecule has 0 saturated carbocycles. The molecule has 0 amide bonds. The lowest BCUT2D eigenvalue weighted by molar-refractivity contribution is 0.231. The fourth-order valence-corrected chi connectivity index (χ4v) is 1.42. The van der Waals surface area contributed by atoms with Crippen LogP contribution < -0.4 is 5.32 Å². The van der Waals surface area contributed by atoms with E-state index in [1.54, 1.807) is 0 Å². The molecule has 15 heavy (non-hydrogen) atoms. The van der Waals surface area contributed by atoms with Gasteiger partial charge < -0.3 is 10.4 Å². The van der Waals surface area contributed by atoms with E-state index in [9.17, 15) is 0 Å². The number of aliphatic hydroxyl groups is 1. The molecule has 1 aromatic carbocycles. The van der Waals surface area contributed by atoms with Crippen molar-refractivity contribution in [3.8, 4) is 0 Å².